The van der Waals surface area contributed by atoms with Crippen molar-refractivity contribution in [2.24, 2.45) is 0 Å². The Morgan fingerprint density at radius 2 is 2.05 bits per heavy atom. The first-order valence-electron chi connectivity index (χ1n) is 5.90. The highest BCUT2D eigenvalue weighted by Gasteiger charge is 2.12. The summed E-state index contributed by atoms with van der Waals surface area (Å²) in [5.41, 5.74) is 6.40. The Labute approximate surface area is 121 Å². The number of esters is 1. The van der Waals surface area contributed by atoms with Gasteiger partial charge in [0, 0.05) is 20.5 Å². The number of carbonyl (C=O) groups is 1. The van der Waals surface area contributed by atoms with Crippen LogP contribution in [0.5, 0.6) is 0 Å². The molecule has 0 atom stereocenters. The van der Waals surface area contributed by atoms with Crippen LogP contribution in [-0.4, -0.2) is 5.97 Å². The SMILES string of the molecule is CCc1ccc(COC(=O)c2cc(Cl)ccc2N)s1. The number of aryl methyl sites for hydroxylation is 1. The van der Waals surface area contributed by atoms with Gasteiger partial charge in [0.25, 0.3) is 0 Å². The van der Waals surface area contributed by atoms with Crippen LogP contribution in [-0.2, 0) is 17.8 Å². The van der Waals surface area contributed by atoms with Gasteiger partial charge in [0.15, 0.2) is 0 Å². The van der Waals surface area contributed by atoms with Gasteiger partial charge in [0.2, 0.25) is 0 Å². The Balaban J connectivity index is 2.03. The molecule has 0 fully saturated rings. The van der Waals surface area contributed by atoms with Gasteiger partial charge in [-0.2, -0.15) is 0 Å². The molecule has 0 spiro atoms. The van der Waals surface area contributed by atoms with Gasteiger partial charge >= 0.3 is 5.97 Å². The number of halogens is 1. The molecule has 5 heteroatoms. The van der Waals surface area contributed by atoms with Crippen LogP contribution >= 0.6 is 22.9 Å². The number of nitrogen functional groups attached to an aromatic ring is 1. The fourth-order valence-electron chi connectivity index (χ4n) is 1.61. The maximum absolute atomic E-state index is 11.9. The summed E-state index contributed by atoms with van der Waals surface area (Å²) in [5.74, 6) is -0.452. The maximum atomic E-state index is 11.9. The molecular formula is C14H14ClNO2S. The largest absolute Gasteiger partial charge is 0.456 e. The zero-order chi connectivity index (χ0) is 13.8. The van der Waals surface area contributed by atoms with E-state index in [0.717, 1.165) is 11.3 Å². The van der Waals surface area contributed by atoms with Crippen molar-refractivity contribution in [2.75, 3.05) is 5.73 Å². The molecule has 1 heterocycles. The molecule has 19 heavy (non-hydrogen) atoms. The van der Waals surface area contributed by atoms with E-state index in [9.17, 15) is 4.79 Å². The molecule has 2 rings (SSSR count). The molecule has 0 saturated carbocycles. The molecule has 1 aromatic heterocycles. The van der Waals surface area contributed by atoms with E-state index in [1.165, 1.54) is 10.9 Å². The van der Waals surface area contributed by atoms with Crippen molar-refractivity contribution >= 4 is 34.6 Å². The number of nitrogens with two attached hydrogens (primary N) is 1. The topological polar surface area (TPSA) is 52.3 Å². The Bertz CT molecular complexity index is 595. The molecule has 0 aliphatic heterocycles. The zero-order valence-corrected chi connectivity index (χ0v) is 12.1. The van der Waals surface area contributed by atoms with Gasteiger partial charge in [-0.3, -0.25) is 0 Å². The molecule has 0 aliphatic rings. The van der Waals surface area contributed by atoms with Gasteiger partial charge in [-0.05, 0) is 36.8 Å². The minimum atomic E-state index is -0.452. The highest BCUT2D eigenvalue weighted by atomic mass is 35.5. The van der Waals surface area contributed by atoms with Crippen LogP contribution in [0.15, 0.2) is 30.3 Å². The lowest BCUT2D eigenvalue weighted by Gasteiger charge is -2.06. The van der Waals surface area contributed by atoms with Gasteiger partial charge in [-0.25, -0.2) is 4.79 Å². The van der Waals surface area contributed by atoms with Gasteiger partial charge < -0.3 is 10.5 Å². The summed E-state index contributed by atoms with van der Waals surface area (Å²) in [6.07, 6.45) is 0.986. The van der Waals surface area contributed by atoms with Gasteiger partial charge in [0.05, 0.1) is 5.56 Å². The summed E-state index contributed by atoms with van der Waals surface area (Å²) in [6, 6.07) is 8.77. The normalized spacial score (nSPS) is 10.4. The van der Waals surface area contributed by atoms with Gasteiger partial charge in [0.1, 0.15) is 6.61 Å². The predicted octanol–water partition coefficient (Wildman–Crippen LogP) is 3.90. The Kier molecular flexibility index (Phi) is 4.45. The van der Waals surface area contributed by atoms with Crippen molar-refractivity contribution in [1.29, 1.82) is 0 Å². The molecule has 3 nitrogen and oxygen atoms in total. The summed E-state index contributed by atoms with van der Waals surface area (Å²) in [6.45, 7) is 2.35. The molecule has 0 unspecified atom stereocenters. The molecule has 0 aliphatic carbocycles. The second kappa shape index (κ2) is 6.08. The van der Waals surface area contributed by atoms with E-state index in [0.29, 0.717) is 16.3 Å². The predicted molar refractivity (Wildman–Crippen MR) is 78.7 cm³/mol. The third-order valence-electron chi connectivity index (χ3n) is 2.65. The zero-order valence-electron chi connectivity index (χ0n) is 10.5. The number of ether oxygens (including phenoxy) is 1. The van der Waals surface area contributed by atoms with Crippen LogP contribution in [0.25, 0.3) is 0 Å². The average molecular weight is 296 g/mol. The fourth-order valence-corrected chi connectivity index (χ4v) is 2.65. The standard InChI is InChI=1S/C14H14ClNO2S/c1-2-10-4-5-11(19-10)8-18-14(17)12-7-9(15)3-6-13(12)16/h3-7H,2,8,16H2,1H3. The lowest BCUT2D eigenvalue weighted by atomic mass is 10.2. The molecule has 100 valence electrons. The van der Waals surface area contributed by atoms with Gasteiger partial charge in [-0.15, -0.1) is 11.3 Å². The first kappa shape index (κ1) is 13.9. The van der Waals surface area contributed by atoms with E-state index in [2.05, 4.69) is 6.92 Å². The fraction of sp³-hybridized carbons (Fsp3) is 0.214. The minimum absolute atomic E-state index is 0.259. The van der Waals surface area contributed by atoms with Crippen molar-refractivity contribution in [1.82, 2.24) is 0 Å². The molecule has 0 amide bonds. The van der Waals surface area contributed by atoms with Gasteiger partial charge in [-0.1, -0.05) is 18.5 Å². The van der Waals surface area contributed by atoms with E-state index in [1.54, 1.807) is 23.5 Å². The first-order chi connectivity index (χ1) is 9.10. The lowest BCUT2D eigenvalue weighted by molar-refractivity contribution is 0.0478. The number of anilines is 1. The molecule has 0 bridgehead atoms. The third-order valence-corrected chi connectivity index (χ3v) is 4.08. The van der Waals surface area contributed by atoms with Crippen LogP contribution in [0.3, 0.4) is 0 Å². The number of rotatable bonds is 4. The van der Waals surface area contributed by atoms with E-state index in [1.807, 2.05) is 12.1 Å². The molecule has 0 radical (unpaired) electrons. The van der Waals surface area contributed by atoms with E-state index >= 15 is 0 Å². The van der Waals surface area contributed by atoms with E-state index in [-0.39, 0.29) is 6.61 Å². The Hall–Kier alpha value is -1.52. The maximum Gasteiger partial charge on any atom is 0.340 e. The molecule has 1 aromatic carbocycles. The highest BCUT2D eigenvalue weighted by molar-refractivity contribution is 7.11. The van der Waals surface area contributed by atoms with E-state index < -0.39 is 5.97 Å². The van der Waals surface area contributed by atoms with Crippen LogP contribution in [0.2, 0.25) is 5.02 Å². The molecule has 0 saturated heterocycles. The van der Waals surface area contributed by atoms with Crippen molar-refractivity contribution in [3.8, 4) is 0 Å². The van der Waals surface area contributed by atoms with Crippen LogP contribution < -0.4 is 5.73 Å². The molecule has 2 N–H and O–H groups in total. The molecular weight excluding hydrogens is 282 g/mol. The Morgan fingerprint density at radius 3 is 2.74 bits per heavy atom. The monoisotopic (exact) mass is 295 g/mol. The van der Waals surface area contributed by atoms with Crippen LogP contribution in [0.1, 0.15) is 27.0 Å². The highest BCUT2D eigenvalue weighted by Crippen LogP contribution is 2.21. The second-order valence-electron chi connectivity index (χ2n) is 4.03. The number of thiophene rings is 1. The summed E-state index contributed by atoms with van der Waals surface area (Å²) < 4.78 is 5.24. The average Bonchev–Trinajstić information content (AvgIpc) is 2.87. The molecule has 2 aromatic rings. The Morgan fingerprint density at radius 1 is 1.32 bits per heavy atom. The van der Waals surface area contributed by atoms with Crippen molar-refractivity contribution in [3.63, 3.8) is 0 Å². The van der Waals surface area contributed by atoms with Crippen LogP contribution in [0.4, 0.5) is 5.69 Å². The summed E-state index contributed by atoms with van der Waals surface area (Å²) in [5, 5.41) is 0.463. The second-order valence-corrected chi connectivity index (χ2v) is 5.72. The number of carbonyl (C=O) groups excluding carboxylic acids is 1. The van der Waals surface area contributed by atoms with Crippen molar-refractivity contribution < 1.29 is 9.53 Å². The first-order valence-corrected chi connectivity index (χ1v) is 7.09. The summed E-state index contributed by atoms with van der Waals surface area (Å²) in [4.78, 5) is 14.2. The number of benzene rings is 1. The summed E-state index contributed by atoms with van der Waals surface area (Å²) in [7, 11) is 0. The smallest absolute Gasteiger partial charge is 0.340 e. The van der Waals surface area contributed by atoms with E-state index in [4.69, 9.17) is 22.1 Å². The third kappa shape index (κ3) is 3.49. The summed E-state index contributed by atoms with van der Waals surface area (Å²) >= 11 is 7.48. The number of hydrogen-bond donors (Lipinski definition) is 1. The van der Waals surface area contributed by atoms with Crippen molar-refractivity contribution in [3.05, 3.63) is 50.7 Å². The minimum Gasteiger partial charge on any atom is -0.456 e. The number of hydrogen-bond acceptors (Lipinski definition) is 4. The quantitative estimate of drug-likeness (QED) is 0.687. The van der Waals surface area contributed by atoms with Crippen LogP contribution in [0, 0.1) is 0 Å². The van der Waals surface area contributed by atoms with Crippen molar-refractivity contribution in [2.45, 2.75) is 20.0 Å². The lowest BCUT2D eigenvalue weighted by Crippen LogP contribution is -2.07.